The molecule has 1 amide bonds. The molecule has 0 saturated carbocycles. The quantitative estimate of drug-likeness (QED) is 0.844. The number of carbonyl (C=O) groups is 1. The summed E-state index contributed by atoms with van der Waals surface area (Å²) < 4.78 is 5.36. The van der Waals surface area contributed by atoms with Crippen LogP contribution in [-0.4, -0.2) is 54.6 Å². The van der Waals surface area contributed by atoms with Crippen molar-refractivity contribution in [2.45, 2.75) is 38.8 Å². The molecule has 2 heterocycles. The number of nitriles is 1. The van der Waals surface area contributed by atoms with Crippen molar-refractivity contribution >= 4 is 5.91 Å². The molecule has 3 rings (SSSR count). The first-order valence-corrected chi connectivity index (χ1v) is 9.25. The Balaban J connectivity index is 1.66. The molecule has 1 aromatic carbocycles. The van der Waals surface area contributed by atoms with Gasteiger partial charge < -0.3 is 9.64 Å². The second-order valence-electron chi connectivity index (χ2n) is 7.08. The van der Waals surface area contributed by atoms with Gasteiger partial charge in [0.1, 0.15) is 5.41 Å². The minimum absolute atomic E-state index is 0.0103. The molecule has 1 aromatic rings. The molecule has 134 valence electrons. The number of ether oxygens (including phenoxy) is 1. The van der Waals surface area contributed by atoms with E-state index in [4.69, 9.17) is 4.74 Å². The molecular weight excluding hydrogens is 314 g/mol. The zero-order chi connectivity index (χ0) is 17.7. The van der Waals surface area contributed by atoms with Crippen LogP contribution in [0, 0.1) is 16.7 Å². The average Bonchev–Trinajstić information content (AvgIpc) is 2.69. The molecule has 0 aromatic heterocycles. The van der Waals surface area contributed by atoms with Gasteiger partial charge in [-0.05, 0) is 24.8 Å². The van der Waals surface area contributed by atoms with Gasteiger partial charge in [-0.1, -0.05) is 37.3 Å². The van der Waals surface area contributed by atoms with Gasteiger partial charge in [0.2, 0.25) is 5.91 Å². The Kier molecular flexibility index (Phi) is 5.72. The normalized spacial score (nSPS) is 23.8. The largest absolute Gasteiger partial charge is 0.381 e. The molecule has 0 N–H and O–H groups in total. The second-order valence-corrected chi connectivity index (χ2v) is 7.08. The predicted octanol–water partition coefficient (Wildman–Crippen LogP) is 2.43. The van der Waals surface area contributed by atoms with E-state index in [9.17, 15) is 10.1 Å². The maximum Gasteiger partial charge on any atom is 0.243 e. The molecule has 5 heteroatoms. The lowest BCUT2D eigenvalue weighted by Crippen LogP contribution is -2.57. The number of benzene rings is 1. The fourth-order valence-corrected chi connectivity index (χ4v) is 3.89. The lowest BCUT2D eigenvalue weighted by Gasteiger charge is -2.44. The average molecular weight is 341 g/mol. The van der Waals surface area contributed by atoms with Crippen molar-refractivity contribution < 1.29 is 9.53 Å². The van der Waals surface area contributed by atoms with Crippen molar-refractivity contribution in [3.05, 3.63) is 35.9 Å². The third kappa shape index (κ3) is 3.86. The fourth-order valence-electron chi connectivity index (χ4n) is 3.89. The first-order chi connectivity index (χ1) is 12.2. The molecule has 2 fully saturated rings. The molecule has 0 aliphatic carbocycles. The molecule has 2 saturated heterocycles. The van der Waals surface area contributed by atoms with Gasteiger partial charge in [-0.15, -0.1) is 0 Å². The van der Waals surface area contributed by atoms with E-state index >= 15 is 0 Å². The summed E-state index contributed by atoms with van der Waals surface area (Å²) in [5.74, 6) is 0.0103. The molecule has 0 spiro atoms. The van der Waals surface area contributed by atoms with Gasteiger partial charge in [0.25, 0.3) is 0 Å². The van der Waals surface area contributed by atoms with Crippen molar-refractivity contribution in [3.63, 3.8) is 0 Å². The van der Waals surface area contributed by atoms with Crippen molar-refractivity contribution in [1.82, 2.24) is 9.80 Å². The van der Waals surface area contributed by atoms with E-state index in [-0.39, 0.29) is 5.91 Å². The van der Waals surface area contributed by atoms with E-state index in [0.29, 0.717) is 45.2 Å². The summed E-state index contributed by atoms with van der Waals surface area (Å²) in [6.45, 7) is 6.37. The third-order valence-corrected chi connectivity index (χ3v) is 5.56. The Morgan fingerprint density at radius 3 is 2.64 bits per heavy atom. The Labute approximate surface area is 150 Å². The first-order valence-electron chi connectivity index (χ1n) is 9.25. The molecule has 25 heavy (non-hydrogen) atoms. The van der Waals surface area contributed by atoms with E-state index in [1.165, 1.54) is 5.56 Å². The second kappa shape index (κ2) is 7.99. The number of rotatable bonds is 4. The maximum absolute atomic E-state index is 13.1. The fraction of sp³-hybridized carbons (Fsp3) is 0.600. The van der Waals surface area contributed by atoms with Crippen LogP contribution in [0.3, 0.4) is 0 Å². The highest BCUT2D eigenvalue weighted by Gasteiger charge is 2.44. The van der Waals surface area contributed by atoms with Gasteiger partial charge in [-0.2, -0.15) is 5.26 Å². The zero-order valence-corrected chi connectivity index (χ0v) is 15.0. The summed E-state index contributed by atoms with van der Waals surface area (Å²) in [5, 5.41) is 9.65. The lowest BCUT2D eigenvalue weighted by molar-refractivity contribution is -0.146. The molecule has 2 aliphatic heterocycles. The van der Waals surface area contributed by atoms with E-state index in [1.54, 1.807) is 0 Å². The minimum Gasteiger partial charge on any atom is -0.381 e. The summed E-state index contributed by atoms with van der Waals surface area (Å²) in [6, 6.07) is 13.1. The first kappa shape index (κ1) is 17.9. The van der Waals surface area contributed by atoms with Gasteiger partial charge in [0.05, 0.1) is 6.07 Å². The monoisotopic (exact) mass is 341 g/mol. The van der Waals surface area contributed by atoms with Gasteiger partial charge >= 0.3 is 0 Å². The van der Waals surface area contributed by atoms with Crippen molar-refractivity contribution in [1.29, 1.82) is 5.26 Å². The van der Waals surface area contributed by atoms with Crippen LogP contribution < -0.4 is 0 Å². The van der Waals surface area contributed by atoms with E-state index in [2.05, 4.69) is 42.2 Å². The molecule has 0 bridgehead atoms. The zero-order valence-electron chi connectivity index (χ0n) is 15.0. The van der Waals surface area contributed by atoms with Crippen LogP contribution in [0.4, 0.5) is 0 Å². The number of nitrogens with zero attached hydrogens (tertiary/aromatic N) is 3. The molecule has 2 aliphatic rings. The highest BCUT2D eigenvalue weighted by molar-refractivity contribution is 5.85. The van der Waals surface area contributed by atoms with Crippen LogP contribution in [0.2, 0.25) is 0 Å². The number of amides is 1. The summed E-state index contributed by atoms with van der Waals surface area (Å²) in [5.41, 5.74) is 0.427. The highest BCUT2D eigenvalue weighted by atomic mass is 16.5. The Bertz CT molecular complexity index is 620. The summed E-state index contributed by atoms with van der Waals surface area (Å²) in [7, 11) is 0. The standard InChI is InChI=1S/C20H27N3O2/c1-2-18-15-23(19(24)20(16-21)8-12-25-13-9-20)11-10-22(18)14-17-6-4-3-5-7-17/h3-7,18H,2,8-15H2,1H3/t18-/m1/s1. The minimum atomic E-state index is -0.877. The summed E-state index contributed by atoms with van der Waals surface area (Å²) in [6.07, 6.45) is 2.03. The molecule has 5 nitrogen and oxygen atoms in total. The van der Waals surface area contributed by atoms with E-state index in [1.807, 2.05) is 11.0 Å². The van der Waals surface area contributed by atoms with Crippen molar-refractivity contribution in [2.75, 3.05) is 32.8 Å². The number of piperazine rings is 1. The van der Waals surface area contributed by atoms with Gasteiger partial charge in [0.15, 0.2) is 0 Å². The van der Waals surface area contributed by atoms with Crippen LogP contribution >= 0.6 is 0 Å². The van der Waals surface area contributed by atoms with Crippen LogP contribution in [0.1, 0.15) is 31.7 Å². The summed E-state index contributed by atoms with van der Waals surface area (Å²) in [4.78, 5) is 17.4. The molecular formula is C20H27N3O2. The van der Waals surface area contributed by atoms with E-state index in [0.717, 1.165) is 19.5 Å². The molecule has 1 atom stereocenters. The highest BCUT2D eigenvalue weighted by Crippen LogP contribution is 2.33. The van der Waals surface area contributed by atoms with Crippen LogP contribution in [0.25, 0.3) is 0 Å². The topological polar surface area (TPSA) is 56.6 Å². The number of hydrogen-bond donors (Lipinski definition) is 0. The predicted molar refractivity (Wildman–Crippen MR) is 95.6 cm³/mol. The van der Waals surface area contributed by atoms with Gasteiger partial charge in [-0.25, -0.2) is 0 Å². The smallest absolute Gasteiger partial charge is 0.243 e. The van der Waals surface area contributed by atoms with Crippen molar-refractivity contribution in [3.8, 4) is 6.07 Å². The van der Waals surface area contributed by atoms with Crippen molar-refractivity contribution in [2.24, 2.45) is 5.41 Å². The number of hydrogen-bond acceptors (Lipinski definition) is 4. The third-order valence-electron chi connectivity index (χ3n) is 5.56. The van der Waals surface area contributed by atoms with E-state index < -0.39 is 5.41 Å². The molecule has 0 unspecified atom stereocenters. The maximum atomic E-state index is 13.1. The SMILES string of the molecule is CC[C@@H]1CN(C(=O)C2(C#N)CCOCC2)CCN1Cc1ccccc1. The Hall–Kier alpha value is -1.90. The molecule has 0 radical (unpaired) electrons. The van der Waals surface area contributed by atoms with Crippen LogP contribution in [-0.2, 0) is 16.1 Å². The van der Waals surface area contributed by atoms with Crippen LogP contribution in [0.5, 0.6) is 0 Å². The Morgan fingerprint density at radius 1 is 1.28 bits per heavy atom. The Morgan fingerprint density at radius 2 is 2.00 bits per heavy atom. The lowest BCUT2D eigenvalue weighted by atomic mass is 9.80. The van der Waals surface area contributed by atoms with Crippen LogP contribution in [0.15, 0.2) is 30.3 Å². The van der Waals surface area contributed by atoms with Gasteiger partial charge in [-0.3, -0.25) is 9.69 Å². The van der Waals surface area contributed by atoms with Gasteiger partial charge in [0, 0.05) is 45.4 Å². The number of carbonyl (C=O) groups excluding carboxylic acids is 1. The summed E-state index contributed by atoms with van der Waals surface area (Å²) >= 11 is 0.